The number of benzene rings is 2. The smallest absolute Gasteiger partial charge is 0.308 e. The second-order valence-electron chi connectivity index (χ2n) is 12.5. The van der Waals surface area contributed by atoms with Crippen LogP contribution >= 0.6 is 11.6 Å². The minimum atomic E-state index is -2.03. The standard InChI is InChI=1S/C29H40ClFN2O3Si/c1-28(2,3)37(5,6)36-23-8-9-25(30)20(16-23)15-21(27(34)35)18-33-13-11-29(12-14-33)19-32(4)26-10-7-22(31)17-24(26)29/h7-10,16-17,21H,11-15,18-19H2,1-6H3,(H,34,35). The van der Waals surface area contributed by atoms with Gasteiger partial charge in [0.05, 0.1) is 5.92 Å². The molecule has 0 saturated carbocycles. The number of anilines is 1. The predicted molar refractivity (Wildman–Crippen MR) is 151 cm³/mol. The van der Waals surface area contributed by atoms with E-state index in [2.05, 4.69) is 50.7 Å². The van der Waals surface area contributed by atoms with Gasteiger partial charge in [-0.3, -0.25) is 4.79 Å². The summed E-state index contributed by atoms with van der Waals surface area (Å²) in [6, 6.07) is 10.7. The van der Waals surface area contributed by atoms with Crippen LogP contribution in [0.15, 0.2) is 36.4 Å². The molecule has 0 aliphatic carbocycles. The molecular formula is C29H40ClFN2O3Si. The van der Waals surface area contributed by atoms with E-state index < -0.39 is 20.2 Å². The van der Waals surface area contributed by atoms with E-state index >= 15 is 0 Å². The van der Waals surface area contributed by atoms with Gasteiger partial charge in [0, 0.05) is 36.3 Å². The number of rotatable bonds is 7. The van der Waals surface area contributed by atoms with Crippen molar-refractivity contribution in [2.75, 3.05) is 38.1 Å². The molecule has 202 valence electrons. The normalized spacial score (nSPS) is 18.6. The first-order chi connectivity index (χ1) is 17.2. The third kappa shape index (κ3) is 5.84. The lowest BCUT2D eigenvalue weighted by atomic mass is 9.74. The monoisotopic (exact) mass is 546 g/mol. The van der Waals surface area contributed by atoms with Crippen LogP contribution in [-0.2, 0) is 16.6 Å². The molecule has 4 rings (SSSR count). The third-order valence-electron chi connectivity index (χ3n) is 8.78. The molecule has 37 heavy (non-hydrogen) atoms. The van der Waals surface area contributed by atoms with Crippen molar-refractivity contribution in [1.29, 1.82) is 0 Å². The molecule has 5 nitrogen and oxygen atoms in total. The molecule has 0 radical (unpaired) electrons. The van der Waals surface area contributed by atoms with Crippen molar-refractivity contribution in [3.8, 4) is 5.75 Å². The molecule has 0 amide bonds. The van der Waals surface area contributed by atoms with Crippen molar-refractivity contribution in [2.45, 2.75) is 63.6 Å². The van der Waals surface area contributed by atoms with Crippen LogP contribution in [0, 0.1) is 11.7 Å². The Bertz CT molecular complexity index is 1160. The number of carboxylic acids is 1. The highest BCUT2D eigenvalue weighted by atomic mass is 35.5. The number of piperidine rings is 1. The molecule has 2 aliphatic rings. The molecule has 2 aliphatic heterocycles. The van der Waals surface area contributed by atoms with Crippen LogP contribution in [0.3, 0.4) is 0 Å². The van der Waals surface area contributed by atoms with Gasteiger partial charge in [0.15, 0.2) is 0 Å². The van der Waals surface area contributed by atoms with E-state index in [1.165, 1.54) is 6.07 Å². The van der Waals surface area contributed by atoms with E-state index in [9.17, 15) is 14.3 Å². The maximum atomic E-state index is 14.1. The molecule has 1 saturated heterocycles. The first kappa shape index (κ1) is 27.9. The van der Waals surface area contributed by atoms with Gasteiger partial charge in [0.25, 0.3) is 0 Å². The molecule has 1 unspecified atom stereocenters. The van der Waals surface area contributed by atoms with Crippen LogP contribution in [0.5, 0.6) is 5.75 Å². The second kappa shape index (κ2) is 10.2. The fourth-order valence-corrected chi connectivity index (χ4v) is 6.72. The number of hydrogen-bond donors (Lipinski definition) is 1. The van der Waals surface area contributed by atoms with E-state index in [1.54, 1.807) is 6.07 Å². The van der Waals surface area contributed by atoms with E-state index in [0.29, 0.717) is 18.0 Å². The van der Waals surface area contributed by atoms with Gasteiger partial charge in [-0.1, -0.05) is 32.4 Å². The zero-order valence-electron chi connectivity index (χ0n) is 22.9. The topological polar surface area (TPSA) is 53.0 Å². The Morgan fingerprint density at radius 2 is 1.86 bits per heavy atom. The van der Waals surface area contributed by atoms with Crippen LogP contribution in [0.25, 0.3) is 0 Å². The minimum absolute atomic E-state index is 0.0580. The lowest BCUT2D eigenvalue weighted by Crippen LogP contribution is -2.47. The molecule has 0 aromatic heterocycles. The van der Waals surface area contributed by atoms with Crippen molar-refractivity contribution < 1.29 is 18.7 Å². The van der Waals surface area contributed by atoms with E-state index in [0.717, 1.165) is 55.0 Å². The summed E-state index contributed by atoms with van der Waals surface area (Å²) >= 11 is 6.52. The van der Waals surface area contributed by atoms with Gasteiger partial charge < -0.3 is 19.3 Å². The van der Waals surface area contributed by atoms with Crippen LogP contribution < -0.4 is 9.33 Å². The fourth-order valence-electron chi connectivity index (χ4n) is 5.51. The average molecular weight is 547 g/mol. The molecule has 2 aromatic carbocycles. The van der Waals surface area contributed by atoms with Crippen molar-refractivity contribution in [1.82, 2.24) is 4.90 Å². The third-order valence-corrected chi connectivity index (χ3v) is 13.5. The molecule has 0 bridgehead atoms. The zero-order chi connectivity index (χ0) is 27.2. The van der Waals surface area contributed by atoms with Gasteiger partial charge in [-0.25, -0.2) is 4.39 Å². The SMILES string of the molecule is CN1CC2(CCN(CC(Cc3cc(O[Si](C)(C)C(C)(C)C)ccc3Cl)C(=O)O)CC2)c2cc(F)ccc21. The molecule has 8 heteroatoms. The van der Waals surface area contributed by atoms with Crippen LogP contribution in [0.1, 0.15) is 44.7 Å². The van der Waals surface area contributed by atoms with Crippen molar-refractivity contribution in [3.63, 3.8) is 0 Å². The maximum absolute atomic E-state index is 14.1. The number of carboxylic acid groups (broad SMARTS) is 1. The Balaban J connectivity index is 1.44. The first-order valence-corrected chi connectivity index (χ1v) is 16.4. The number of fused-ring (bicyclic) bond motifs is 2. The summed E-state index contributed by atoms with van der Waals surface area (Å²) in [5, 5.41) is 10.7. The predicted octanol–water partition coefficient (Wildman–Crippen LogP) is 6.59. The summed E-state index contributed by atoms with van der Waals surface area (Å²) in [5.41, 5.74) is 2.93. The summed E-state index contributed by atoms with van der Waals surface area (Å²) in [6.45, 7) is 13.9. The lowest BCUT2D eigenvalue weighted by molar-refractivity contribution is -0.142. The highest BCUT2D eigenvalue weighted by Gasteiger charge is 2.44. The fraction of sp³-hybridized carbons (Fsp3) is 0.552. The van der Waals surface area contributed by atoms with Crippen LogP contribution in [-0.4, -0.2) is 57.5 Å². The van der Waals surface area contributed by atoms with Gasteiger partial charge in [-0.05, 0) is 98.0 Å². The zero-order valence-corrected chi connectivity index (χ0v) is 24.7. The number of nitrogens with zero attached hydrogens (tertiary/aromatic N) is 2. The Kier molecular flexibility index (Phi) is 7.72. The molecule has 1 N–H and O–H groups in total. The molecule has 1 spiro atoms. The van der Waals surface area contributed by atoms with E-state index in [1.807, 2.05) is 24.3 Å². The Hall–Kier alpha value is -2.09. The van der Waals surface area contributed by atoms with Crippen molar-refractivity contribution >= 4 is 31.6 Å². The Labute approximate surface area is 226 Å². The summed E-state index contributed by atoms with van der Waals surface area (Å²) in [5.74, 6) is -0.838. The first-order valence-electron chi connectivity index (χ1n) is 13.1. The molecule has 1 fully saturated rings. The minimum Gasteiger partial charge on any atom is -0.543 e. The number of hydrogen-bond acceptors (Lipinski definition) is 4. The lowest BCUT2D eigenvalue weighted by Gasteiger charge is -2.40. The highest BCUT2D eigenvalue weighted by Crippen LogP contribution is 2.46. The maximum Gasteiger partial charge on any atom is 0.308 e. The highest BCUT2D eigenvalue weighted by molar-refractivity contribution is 6.74. The number of halogens is 2. The number of aliphatic carboxylic acids is 1. The number of carbonyl (C=O) groups is 1. The van der Waals surface area contributed by atoms with Crippen molar-refractivity contribution in [3.05, 3.63) is 58.4 Å². The molecule has 2 heterocycles. The summed E-state index contributed by atoms with van der Waals surface area (Å²) in [6.07, 6.45) is 2.12. The van der Waals surface area contributed by atoms with Gasteiger partial charge in [0.1, 0.15) is 11.6 Å². The van der Waals surface area contributed by atoms with Crippen LogP contribution in [0.2, 0.25) is 23.2 Å². The van der Waals surface area contributed by atoms with Gasteiger partial charge >= 0.3 is 5.97 Å². The summed E-state index contributed by atoms with van der Waals surface area (Å²) in [7, 11) is 0.0333. The van der Waals surface area contributed by atoms with Gasteiger partial charge in [0.2, 0.25) is 8.32 Å². The summed E-state index contributed by atoms with van der Waals surface area (Å²) < 4.78 is 20.5. The Morgan fingerprint density at radius 3 is 2.49 bits per heavy atom. The summed E-state index contributed by atoms with van der Waals surface area (Å²) in [4.78, 5) is 16.7. The Morgan fingerprint density at radius 1 is 1.19 bits per heavy atom. The number of likely N-dealkylation sites (N-methyl/N-ethyl adjacent to an activating group) is 1. The molecule has 1 atom stereocenters. The largest absolute Gasteiger partial charge is 0.543 e. The van der Waals surface area contributed by atoms with E-state index in [4.69, 9.17) is 16.0 Å². The molecule has 2 aromatic rings. The van der Waals surface area contributed by atoms with Crippen LogP contribution in [0.4, 0.5) is 10.1 Å². The second-order valence-corrected chi connectivity index (χ2v) is 17.6. The average Bonchev–Trinajstić information content (AvgIpc) is 3.06. The van der Waals surface area contributed by atoms with E-state index in [-0.39, 0.29) is 16.3 Å². The molecular weight excluding hydrogens is 507 g/mol. The van der Waals surface area contributed by atoms with Gasteiger partial charge in [-0.15, -0.1) is 0 Å². The van der Waals surface area contributed by atoms with Crippen molar-refractivity contribution in [2.24, 2.45) is 5.92 Å². The number of likely N-dealkylation sites (tertiary alicyclic amines) is 1. The quantitative estimate of drug-likeness (QED) is 0.397. The van der Waals surface area contributed by atoms with Gasteiger partial charge in [-0.2, -0.15) is 0 Å².